The zero-order chi connectivity index (χ0) is 14.8. The van der Waals surface area contributed by atoms with Crippen molar-refractivity contribution in [3.05, 3.63) is 65.1 Å². The van der Waals surface area contributed by atoms with E-state index < -0.39 is 5.97 Å². The van der Waals surface area contributed by atoms with Gasteiger partial charge in [0.25, 0.3) is 0 Å². The van der Waals surface area contributed by atoms with Gasteiger partial charge in [-0.05, 0) is 41.5 Å². The maximum Gasteiger partial charge on any atom is 0.335 e. The number of carboxylic acids is 1. The number of furan rings is 1. The Bertz CT molecular complexity index is 716. The lowest BCUT2D eigenvalue weighted by Gasteiger charge is -2.12. The molecular formula is C16H13NO4. The van der Waals surface area contributed by atoms with Crippen LogP contribution in [0.15, 0.2) is 47.1 Å². The molecule has 1 aromatic heterocycles. The number of aromatic carboxylic acids is 1. The highest BCUT2D eigenvalue weighted by atomic mass is 16.4. The summed E-state index contributed by atoms with van der Waals surface area (Å²) in [6.45, 7) is 0.925. The molecule has 0 saturated heterocycles. The van der Waals surface area contributed by atoms with Gasteiger partial charge in [-0.3, -0.25) is 4.79 Å². The SMILES string of the molecule is O=C(O)c1ccc2c(c1)CN(C(=O)/C=C/c1ccco1)C2. The lowest BCUT2D eigenvalue weighted by Crippen LogP contribution is -2.22. The molecule has 2 aromatic rings. The van der Waals surface area contributed by atoms with Crippen LogP contribution in [-0.4, -0.2) is 21.9 Å². The standard InChI is InChI=1S/C16H13NO4/c18-15(6-5-14-2-1-7-21-14)17-9-12-4-3-11(16(19)20)8-13(12)10-17/h1-8H,9-10H2,(H,19,20)/b6-5+. The van der Waals surface area contributed by atoms with Crippen LogP contribution in [0.25, 0.3) is 6.08 Å². The highest BCUT2D eigenvalue weighted by Crippen LogP contribution is 2.24. The van der Waals surface area contributed by atoms with Gasteiger partial charge in [0.15, 0.2) is 0 Å². The summed E-state index contributed by atoms with van der Waals surface area (Å²) in [5.41, 5.74) is 2.11. The molecule has 5 heteroatoms. The van der Waals surface area contributed by atoms with Gasteiger partial charge in [0.1, 0.15) is 5.76 Å². The van der Waals surface area contributed by atoms with Crippen LogP contribution >= 0.6 is 0 Å². The Morgan fingerprint density at radius 1 is 1.19 bits per heavy atom. The number of carboxylic acid groups (broad SMARTS) is 1. The summed E-state index contributed by atoms with van der Waals surface area (Å²) in [4.78, 5) is 24.7. The van der Waals surface area contributed by atoms with Gasteiger partial charge < -0.3 is 14.4 Å². The Hall–Kier alpha value is -2.82. The zero-order valence-corrected chi connectivity index (χ0v) is 11.2. The molecule has 2 heterocycles. The smallest absolute Gasteiger partial charge is 0.335 e. The molecule has 0 radical (unpaired) electrons. The fraction of sp³-hybridized carbons (Fsp3) is 0.125. The maximum absolute atomic E-state index is 12.1. The predicted octanol–water partition coefficient (Wildman–Crippen LogP) is 2.53. The minimum atomic E-state index is -0.958. The molecule has 5 nitrogen and oxygen atoms in total. The lowest BCUT2D eigenvalue weighted by atomic mass is 10.1. The van der Waals surface area contributed by atoms with Gasteiger partial charge in [0.05, 0.1) is 11.8 Å². The minimum Gasteiger partial charge on any atom is -0.478 e. The summed E-state index contributed by atoms with van der Waals surface area (Å²) in [6.07, 6.45) is 4.63. The van der Waals surface area contributed by atoms with Gasteiger partial charge >= 0.3 is 5.97 Å². The van der Waals surface area contributed by atoms with Gasteiger partial charge in [0.2, 0.25) is 5.91 Å². The van der Waals surface area contributed by atoms with E-state index in [-0.39, 0.29) is 11.5 Å². The molecule has 0 aliphatic carbocycles. The Morgan fingerprint density at radius 2 is 2.00 bits per heavy atom. The number of carbonyl (C=O) groups excluding carboxylic acids is 1. The molecule has 0 unspecified atom stereocenters. The molecule has 0 bridgehead atoms. The number of hydrogen-bond acceptors (Lipinski definition) is 3. The third-order valence-electron chi connectivity index (χ3n) is 3.42. The molecule has 1 N–H and O–H groups in total. The van der Waals surface area contributed by atoms with E-state index in [2.05, 4.69) is 0 Å². The van der Waals surface area contributed by atoms with Gasteiger partial charge in [-0.1, -0.05) is 6.07 Å². The summed E-state index contributed by atoms with van der Waals surface area (Å²) in [5, 5.41) is 8.98. The summed E-state index contributed by atoms with van der Waals surface area (Å²) in [5.74, 6) is -0.465. The van der Waals surface area contributed by atoms with Gasteiger partial charge in [-0.2, -0.15) is 0 Å². The Morgan fingerprint density at radius 3 is 2.71 bits per heavy atom. The van der Waals surface area contributed by atoms with Crippen molar-refractivity contribution in [2.75, 3.05) is 0 Å². The monoisotopic (exact) mass is 283 g/mol. The van der Waals surface area contributed by atoms with E-state index in [1.165, 1.54) is 6.08 Å². The molecule has 3 rings (SSSR count). The highest BCUT2D eigenvalue weighted by Gasteiger charge is 2.22. The second-order valence-electron chi connectivity index (χ2n) is 4.83. The van der Waals surface area contributed by atoms with Gasteiger partial charge in [0, 0.05) is 19.2 Å². The molecule has 21 heavy (non-hydrogen) atoms. The van der Waals surface area contributed by atoms with E-state index in [0.29, 0.717) is 18.8 Å². The number of hydrogen-bond donors (Lipinski definition) is 1. The minimum absolute atomic E-state index is 0.125. The Labute approximate surface area is 121 Å². The first kappa shape index (κ1) is 13.2. The van der Waals surface area contributed by atoms with Crippen LogP contribution in [0.1, 0.15) is 27.2 Å². The van der Waals surface area contributed by atoms with E-state index in [9.17, 15) is 9.59 Å². The van der Waals surface area contributed by atoms with Crippen LogP contribution in [0.2, 0.25) is 0 Å². The first-order valence-corrected chi connectivity index (χ1v) is 6.49. The molecule has 0 atom stereocenters. The molecule has 106 valence electrons. The summed E-state index contributed by atoms with van der Waals surface area (Å²) in [7, 11) is 0. The van der Waals surface area contributed by atoms with Crippen molar-refractivity contribution >= 4 is 18.0 Å². The second kappa shape index (κ2) is 5.28. The molecule has 1 amide bonds. The van der Waals surface area contributed by atoms with Crippen LogP contribution < -0.4 is 0 Å². The highest BCUT2D eigenvalue weighted by molar-refractivity contribution is 5.92. The van der Waals surface area contributed by atoms with Crippen LogP contribution in [0.3, 0.4) is 0 Å². The summed E-state index contributed by atoms with van der Waals surface area (Å²) < 4.78 is 5.13. The number of carbonyl (C=O) groups is 2. The first-order chi connectivity index (χ1) is 10.1. The van der Waals surface area contributed by atoms with E-state index >= 15 is 0 Å². The van der Waals surface area contributed by atoms with E-state index in [4.69, 9.17) is 9.52 Å². The van der Waals surface area contributed by atoms with Crippen LogP contribution in [0, 0.1) is 0 Å². The van der Waals surface area contributed by atoms with Gasteiger partial charge in [-0.25, -0.2) is 4.79 Å². The molecular weight excluding hydrogens is 270 g/mol. The number of rotatable bonds is 3. The fourth-order valence-electron chi connectivity index (χ4n) is 2.33. The zero-order valence-electron chi connectivity index (χ0n) is 11.2. The van der Waals surface area contributed by atoms with Crippen LogP contribution in [-0.2, 0) is 17.9 Å². The molecule has 0 fully saturated rings. The first-order valence-electron chi connectivity index (χ1n) is 6.49. The molecule has 1 aliphatic heterocycles. The van der Waals surface area contributed by atoms with Gasteiger partial charge in [-0.15, -0.1) is 0 Å². The average Bonchev–Trinajstić information content (AvgIpc) is 3.12. The second-order valence-corrected chi connectivity index (χ2v) is 4.83. The normalized spacial score (nSPS) is 13.6. The lowest BCUT2D eigenvalue weighted by molar-refractivity contribution is -0.126. The largest absolute Gasteiger partial charge is 0.478 e. The number of fused-ring (bicyclic) bond motifs is 1. The van der Waals surface area contributed by atoms with Crippen molar-refractivity contribution in [1.29, 1.82) is 0 Å². The summed E-state index contributed by atoms with van der Waals surface area (Å²) >= 11 is 0. The van der Waals surface area contributed by atoms with Crippen molar-refractivity contribution in [2.24, 2.45) is 0 Å². The van der Waals surface area contributed by atoms with Crippen molar-refractivity contribution in [3.63, 3.8) is 0 Å². The Kier molecular flexibility index (Phi) is 3.31. The quantitative estimate of drug-likeness (QED) is 0.879. The van der Waals surface area contributed by atoms with E-state index in [1.54, 1.807) is 47.6 Å². The molecule has 0 spiro atoms. The molecule has 1 aromatic carbocycles. The van der Waals surface area contributed by atoms with Crippen molar-refractivity contribution in [1.82, 2.24) is 4.90 Å². The van der Waals surface area contributed by atoms with Crippen molar-refractivity contribution in [2.45, 2.75) is 13.1 Å². The Balaban J connectivity index is 1.72. The van der Waals surface area contributed by atoms with Crippen LogP contribution in [0.4, 0.5) is 0 Å². The van der Waals surface area contributed by atoms with Crippen molar-refractivity contribution in [3.8, 4) is 0 Å². The summed E-state index contributed by atoms with van der Waals surface area (Å²) in [6, 6.07) is 8.47. The number of nitrogens with zero attached hydrogens (tertiary/aromatic N) is 1. The number of amides is 1. The third kappa shape index (κ3) is 2.72. The predicted molar refractivity (Wildman–Crippen MR) is 75.4 cm³/mol. The third-order valence-corrected chi connectivity index (χ3v) is 3.42. The van der Waals surface area contributed by atoms with E-state index in [1.807, 2.05) is 0 Å². The molecule has 0 saturated carbocycles. The van der Waals surface area contributed by atoms with E-state index in [0.717, 1.165) is 11.1 Å². The topological polar surface area (TPSA) is 70.8 Å². The average molecular weight is 283 g/mol. The fourth-order valence-corrected chi connectivity index (χ4v) is 2.33. The maximum atomic E-state index is 12.1. The van der Waals surface area contributed by atoms with Crippen molar-refractivity contribution < 1.29 is 19.1 Å². The van der Waals surface area contributed by atoms with Crippen LogP contribution in [0.5, 0.6) is 0 Å². The molecule has 1 aliphatic rings. The number of benzene rings is 1.